The van der Waals surface area contributed by atoms with E-state index in [9.17, 15) is 0 Å². The Morgan fingerprint density at radius 3 is 2.67 bits per heavy atom. The Morgan fingerprint density at radius 1 is 1.33 bits per heavy atom. The quantitative estimate of drug-likeness (QED) is 0.848. The lowest BCUT2D eigenvalue weighted by Gasteiger charge is -2.35. The Labute approximate surface area is 110 Å². The zero-order chi connectivity index (χ0) is 13.0. The van der Waals surface area contributed by atoms with Crippen molar-refractivity contribution in [2.24, 2.45) is 5.73 Å². The minimum Gasteiger partial charge on any atom is -0.329 e. The average molecular weight is 247 g/mol. The van der Waals surface area contributed by atoms with Crippen molar-refractivity contribution < 1.29 is 0 Å². The normalized spacial score (nSPS) is 21.4. The van der Waals surface area contributed by atoms with E-state index < -0.39 is 0 Å². The lowest BCUT2D eigenvalue weighted by Crippen LogP contribution is -2.53. The number of rotatable bonds is 4. The highest BCUT2D eigenvalue weighted by Crippen LogP contribution is 2.16. The zero-order valence-corrected chi connectivity index (χ0v) is 11.5. The Bertz CT molecular complexity index is 359. The molecule has 0 saturated carbocycles. The van der Waals surface area contributed by atoms with Gasteiger partial charge in [-0.15, -0.1) is 0 Å². The Morgan fingerprint density at radius 2 is 2.06 bits per heavy atom. The number of nitrogens with one attached hydrogen (secondary N) is 1. The van der Waals surface area contributed by atoms with Gasteiger partial charge in [-0.05, 0) is 17.0 Å². The largest absolute Gasteiger partial charge is 0.329 e. The molecule has 1 aliphatic heterocycles. The maximum Gasteiger partial charge on any atom is 0.0347 e. The van der Waals surface area contributed by atoms with Gasteiger partial charge in [0.05, 0.1) is 0 Å². The van der Waals surface area contributed by atoms with Gasteiger partial charge in [-0.25, -0.2) is 0 Å². The predicted octanol–water partition coefficient (Wildman–Crippen LogP) is 1.54. The SMILES string of the molecule is CC(C)c1ccc(CN2CCNCC2CN)cc1. The third-order valence-electron chi connectivity index (χ3n) is 3.78. The molecule has 0 spiro atoms. The highest BCUT2D eigenvalue weighted by atomic mass is 15.2. The summed E-state index contributed by atoms with van der Waals surface area (Å²) >= 11 is 0. The molecule has 0 bridgehead atoms. The maximum absolute atomic E-state index is 5.83. The molecular formula is C15H25N3. The molecule has 1 aliphatic rings. The van der Waals surface area contributed by atoms with Gasteiger partial charge in [-0.2, -0.15) is 0 Å². The third kappa shape index (κ3) is 3.31. The fraction of sp³-hybridized carbons (Fsp3) is 0.600. The molecule has 1 unspecified atom stereocenters. The van der Waals surface area contributed by atoms with E-state index in [0.29, 0.717) is 12.0 Å². The summed E-state index contributed by atoms with van der Waals surface area (Å²) in [5.41, 5.74) is 8.63. The van der Waals surface area contributed by atoms with Crippen LogP contribution in [0, 0.1) is 0 Å². The standard InChI is InChI=1S/C15H25N3/c1-12(2)14-5-3-13(4-6-14)11-18-8-7-17-10-15(18)9-16/h3-6,12,15,17H,7-11,16H2,1-2H3. The van der Waals surface area contributed by atoms with Gasteiger partial charge in [-0.1, -0.05) is 38.1 Å². The van der Waals surface area contributed by atoms with Crippen molar-refractivity contribution in [3.8, 4) is 0 Å². The molecule has 3 nitrogen and oxygen atoms in total. The molecule has 18 heavy (non-hydrogen) atoms. The number of hydrogen-bond donors (Lipinski definition) is 2. The molecule has 1 saturated heterocycles. The fourth-order valence-electron chi connectivity index (χ4n) is 2.49. The van der Waals surface area contributed by atoms with Gasteiger partial charge in [0.15, 0.2) is 0 Å². The van der Waals surface area contributed by atoms with Crippen molar-refractivity contribution in [3.63, 3.8) is 0 Å². The van der Waals surface area contributed by atoms with Gasteiger partial charge in [0.2, 0.25) is 0 Å². The summed E-state index contributed by atoms with van der Waals surface area (Å²) < 4.78 is 0. The van der Waals surface area contributed by atoms with E-state index in [4.69, 9.17) is 5.73 Å². The van der Waals surface area contributed by atoms with Crippen molar-refractivity contribution >= 4 is 0 Å². The van der Waals surface area contributed by atoms with Crippen LogP contribution < -0.4 is 11.1 Å². The second-order valence-electron chi connectivity index (χ2n) is 5.46. The Balaban J connectivity index is 1.99. The first-order valence-corrected chi connectivity index (χ1v) is 6.94. The first-order valence-electron chi connectivity index (χ1n) is 6.94. The molecule has 1 aromatic rings. The molecule has 0 amide bonds. The van der Waals surface area contributed by atoms with Crippen LogP contribution in [0.1, 0.15) is 30.9 Å². The van der Waals surface area contributed by atoms with Gasteiger partial charge < -0.3 is 11.1 Å². The van der Waals surface area contributed by atoms with Gasteiger partial charge in [0.25, 0.3) is 0 Å². The lowest BCUT2D eigenvalue weighted by molar-refractivity contribution is 0.158. The van der Waals surface area contributed by atoms with Crippen LogP contribution in [0.2, 0.25) is 0 Å². The summed E-state index contributed by atoms with van der Waals surface area (Å²) in [6.45, 7) is 9.39. The summed E-state index contributed by atoms with van der Waals surface area (Å²) in [4.78, 5) is 2.49. The number of nitrogens with zero attached hydrogens (tertiary/aromatic N) is 1. The lowest BCUT2D eigenvalue weighted by atomic mass is 10.0. The molecule has 0 aromatic heterocycles. The van der Waals surface area contributed by atoms with Crippen LogP contribution in [0.15, 0.2) is 24.3 Å². The Kier molecular flexibility index (Phi) is 4.75. The van der Waals surface area contributed by atoms with Crippen LogP contribution >= 0.6 is 0 Å². The third-order valence-corrected chi connectivity index (χ3v) is 3.78. The van der Waals surface area contributed by atoms with Crippen molar-refractivity contribution in [3.05, 3.63) is 35.4 Å². The number of hydrogen-bond acceptors (Lipinski definition) is 3. The monoisotopic (exact) mass is 247 g/mol. The van der Waals surface area contributed by atoms with Crippen molar-refractivity contribution in [2.75, 3.05) is 26.2 Å². The van der Waals surface area contributed by atoms with Gasteiger partial charge in [0, 0.05) is 38.8 Å². The van der Waals surface area contributed by atoms with Crippen molar-refractivity contribution in [1.82, 2.24) is 10.2 Å². The molecule has 1 atom stereocenters. The summed E-state index contributed by atoms with van der Waals surface area (Å²) in [5, 5.41) is 3.40. The fourth-order valence-corrected chi connectivity index (χ4v) is 2.49. The minimum atomic E-state index is 0.475. The van der Waals surface area contributed by atoms with E-state index in [1.54, 1.807) is 0 Å². The van der Waals surface area contributed by atoms with Gasteiger partial charge in [0.1, 0.15) is 0 Å². The molecule has 2 rings (SSSR count). The molecule has 0 aliphatic carbocycles. The van der Waals surface area contributed by atoms with E-state index in [0.717, 1.165) is 32.7 Å². The number of nitrogens with two attached hydrogens (primary N) is 1. The van der Waals surface area contributed by atoms with E-state index in [-0.39, 0.29) is 0 Å². The molecular weight excluding hydrogens is 222 g/mol. The molecule has 1 heterocycles. The summed E-state index contributed by atoms with van der Waals surface area (Å²) in [5.74, 6) is 0.607. The highest BCUT2D eigenvalue weighted by molar-refractivity contribution is 5.24. The van der Waals surface area contributed by atoms with Crippen LogP contribution in [0.3, 0.4) is 0 Å². The van der Waals surface area contributed by atoms with Crippen LogP contribution in [-0.4, -0.2) is 37.1 Å². The van der Waals surface area contributed by atoms with Gasteiger partial charge in [-0.3, -0.25) is 4.90 Å². The Hall–Kier alpha value is -0.900. The minimum absolute atomic E-state index is 0.475. The van der Waals surface area contributed by atoms with Crippen LogP contribution in [-0.2, 0) is 6.54 Å². The second kappa shape index (κ2) is 6.32. The molecule has 3 N–H and O–H groups in total. The molecule has 1 fully saturated rings. The van der Waals surface area contributed by atoms with Crippen LogP contribution in [0.4, 0.5) is 0 Å². The summed E-state index contributed by atoms with van der Waals surface area (Å²) in [7, 11) is 0. The number of benzene rings is 1. The molecule has 0 radical (unpaired) electrons. The van der Waals surface area contributed by atoms with E-state index in [2.05, 4.69) is 48.3 Å². The van der Waals surface area contributed by atoms with Crippen molar-refractivity contribution in [2.45, 2.75) is 32.4 Å². The van der Waals surface area contributed by atoms with E-state index >= 15 is 0 Å². The van der Waals surface area contributed by atoms with Gasteiger partial charge >= 0.3 is 0 Å². The molecule has 1 aromatic carbocycles. The first-order chi connectivity index (χ1) is 8.70. The molecule has 3 heteroatoms. The molecule has 100 valence electrons. The smallest absolute Gasteiger partial charge is 0.0347 e. The topological polar surface area (TPSA) is 41.3 Å². The highest BCUT2D eigenvalue weighted by Gasteiger charge is 2.20. The van der Waals surface area contributed by atoms with Crippen molar-refractivity contribution in [1.29, 1.82) is 0 Å². The zero-order valence-electron chi connectivity index (χ0n) is 11.5. The summed E-state index contributed by atoms with van der Waals surface area (Å²) in [6.07, 6.45) is 0. The maximum atomic E-state index is 5.83. The second-order valence-corrected chi connectivity index (χ2v) is 5.46. The average Bonchev–Trinajstić information content (AvgIpc) is 2.40. The van der Waals surface area contributed by atoms with Crippen LogP contribution in [0.25, 0.3) is 0 Å². The first kappa shape index (κ1) is 13.5. The van der Waals surface area contributed by atoms with E-state index in [1.807, 2.05) is 0 Å². The predicted molar refractivity (Wildman–Crippen MR) is 76.7 cm³/mol. The van der Waals surface area contributed by atoms with E-state index in [1.165, 1.54) is 11.1 Å². The number of piperazine rings is 1. The van der Waals surface area contributed by atoms with Crippen LogP contribution in [0.5, 0.6) is 0 Å². The summed E-state index contributed by atoms with van der Waals surface area (Å²) in [6, 6.07) is 9.48.